The van der Waals surface area contributed by atoms with E-state index < -0.39 is 5.92 Å². The van der Waals surface area contributed by atoms with E-state index >= 15 is 0 Å². The number of oxime groups is 1. The Morgan fingerprint density at radius 1 is 1.44 bits per heavy atom. The van der Waals surface area contributed by atoms with Crippen molar-refractivity contribution >= 4 is 11.7 Å². The number of ether oxygens (including phenoxy) is 1. The van der Waals surface area contributed by atoms with Gasteiger partial charge >= 0.3 is 0 Å². The quantitative estimate of drug-likeness (QED) is 0.189. The molecule has 18 heavy (non-hydrogen) atoms. The summed E-state index contributed by atoms with van der Waals surface area (Å²) in [6.07, 6.45) is 2.11. The van der Waals surface area contributed by atoms with Crippen LogP contribution in [0.25, 0.3) is 0 Å². The van der Waals surface area contributed by atoms with Gasteiger partial charge in [-0.3, -0.25) is 4.79 Å². The lowest BCUT2D eigenvalue weighted by atomic mass is 9.94. The zero-order chi connectivity index (χ0) is 14.0. The first-order valence-corrected chi connectivity index (χ1v) is 6.37. The van der Waals surface area contributed by atoms with Crippen LogP contribution in [0.15, 0.2) is 5.16 Å². The molecule has 1 atom stereocenters. The van der Waals surface area contributed by atoms with E-state index in [1.165, 1.54) is 0 Å². The summed E-state index contributed by atoms with van der Waals surface area (Å²) in [7, 11) is 0. The number of carbonyl (C=O) groups excluding carboxylic acids is 1. The van der Waals surface area contributed by atoms with E-state index in [1.807, 2.05) is 13.8 Å². The third-order valence-corrected chi connectivity index (χ3v) is 2.57. The third-order valence-electron chi connectivity index (χ3n) is 2.57. The summed E-state index contributed by atoms with van der Waals surface area (Å²) in [5.41, 5.74) is 5.50. The summed E-state index contributed by atoms with van der Waals surface area (Å²) < 4.78 is 5.33. The first-order chi connectivity index (χ1) is 8.54. The molecule has 0 aromatic heterocycles. The minimum absolute atomic E-state index is 0.0260. The van der Waals surface area contributed by atoms with Crippen molar-refractivity contribution < 1.29 is 14.7 Å². The highest BCUT2D eigenvalue weighted by atomic mass is 16.5. The molecule has 0 spiro atoms. The maximum Gasteiger partial charge on any atom is 0.231 e. The van der Waals surface area contributed by atoms with Gasteiger partial charge in [-0.15, -0.1) is 0 Å². The smallest absolute Gasteiger partial charge is 0.231 e. The lowest BCUT2D eigenvalue weighted by molar-refractivity contribution is -0.124. The molecule has 106 valence electrons. The van der Waals surface area contributed by atoms with Gasteiger partial charge in [-0.2, -0.15) is 0 Å². The Bertz CT molecular complexity index is 267. The van der Waals surface area contributed by atoms with Crippen LogP contribution in [-0.4, -0.2) is 36.7 Å². The van der Waals surface area contributed by atoms with Gasteiger partial charge in [0.05, 0.1) is 6.61 Å². The Hall–Kier alpha value is -1.30. The number of amidine groups is 1. The molecule has 6 nitrogen and oxygen atoms in total. The summed E-state index contributed by atoms with van der Waals surface area (Å²) in [6.45, 7) is 7.41. The minimum Gasteiger partial charge on any atom is -0.409 e. The summed E-state index contributed by atoms with van der Waals surface area (Å²) >= 11 is 0. The number of nitrogens with two attached hydrogens (primary N) is 1. The molecule has 0 aliphatic heterocycles. The molecule has 0 bridgehead atoms. The topological polar surface area (TPSA) is 96.9 Å². The Balaban J connectivity index is 3.98. The molecule has 6 heteroatoms. The summed E-state index contributed by atoms with van der Waals surface area (Å²) in [5, 5.41) is 14.3. The molecule has 0 aliphatic carbocycles. The standard InChI is InChI=1S/C12H25N3O3/c1-4-5-7-18-8-6-14-12(16)10(9(2)3)11(13)15-17/h9-10,17H,4-8H2,1-3H3,(H2,13,15)(H,14,16). The third kappa shape index (κ3) is 6.44. The van der Waals surface area contributed by atoms with E-state index in [0.29, 0.717) is 19.8 Å². The number of unbranched alkanes of at least 4 members (excludes halogenated alkanes) is 1. The molecule has 0 rings (SSSR count). The molecule has 0 saturated carbocycles. The maximum absolute atomic E-state index is 11.8. The maximum atomic E-state index is 11.8. The lowest BCUT2D eigenvalue weighted by Crippen LogP contribution is -2.42. The molecule has 0 saturated heterocycles. The summed E-state index contributed by atoms with van der Waals surface area (Å²) in [4.78, 5) is 11.8. The molecule has 0 aliphatic rings. The highest BCUT2D eigenvalue weighted by Gasteiger charge is 2.26. The molecule has 4 N–H and O–H groups in total. The van der Waals surface area contributed by atoms with Crippen LogP contribution in [0.3, 0.4) is 0 Å². The predicted octanol–water partition coefficient (Wildman–Crippen LogP) is 0.938. The molecule has 0 aromatic rings. The Kier molecular flexibility index (Phi) is 9.00. The SMILES string of the molecule is CCCCOCCNC(=O)C(C(N)=NO)C(C)C. The van der Waals surface area contributed by atoms with Crippen LogP contribution in [0.4, 0.5) is 0 Å². The van der Waals surface area contributed by atoms with Crippen molar-refractivity contribution in [1.29, 1.82) is 0 Å². The van der Waals surface area contributed by atoms with Gasteiger partial charge in [-0.1, -0.05) is 32.3 Å². The summed E-state index contributed by atoms with van der Waals surface area (Å²) in [6, 6.07) is 0. The number of amides is 1. The number of hydrogen-bond donors (Lipinski definition) is 3. The van der Waals surface area contributed by atoms with Crippen molar-refractivity contribution in [3.63, 3.8) is 0 Å². The van der Waals surface area contributed by atoms with Gasteiger partial charge in [0.25, 0.3) is 0 Å². The molecule has 1 amide bonds. The van der Waals surface area contributed by atoms with Gasteiger partial charge < -0.3 is 21.0 Å². The van der Waals surface area contributed by atoms with Gasteiger partial charge in [0.2, 0.25) is 5.91 Å². The predicted molar refractivity (Wildman–Crippen MR) is 70.5 cm³/mol. The zero-order valence-electron chi connectivity index (χ0n) is 11.5. The van der Waals surface area contributed by atoms with E-state index in [9.17, 15) is 4.79 Å². The number of carbonyl (C=O) groups is 1. The molecule has 0 radical (unpaired) electrons. The fourth-order valence-electron chi connectivity index (χ4n) is 1.55. The molecular weight excluding hydrogens is 234 g/mol. The molecule has 0 fully saturated rings. The van der Waals surface area contributed by atoms with Crippen LogP contribution in [0.1, 0.15) is 33.6 Å². The fourth-order valence-corrected chi connectivity index (χ4v) is 1.55. The first-order valence-electron chi connectivity index (χ1n) is 6.37. The van der Waals surface area contributed by atoms with Crippen LogP contribution >= 0.6 is 0 Å². The zero-order valence-corrected chi connectivity index (χ0v) is 11.5. The van der Waals surface area contributed by atoms with Gasteiger partial charge in [0.15, 0.2) is 5.84 Å². The van der Waals surface area contributed by atoms with Crippen LogP contribution in [0.2, 0.25) is 0 Å². The lowest BCUT2D eigenvalue weighted by Gasteiger charge is -2.18. The van der Waals surface area contributed by atoms with E-state index in [4.69, 9.17) is 15.7 Å². The van der Waals surface area contributed by atoms with Crippen molar-refractivity contribution in [2.75, 3.05) is 19.8 Å². The van der Waals surface area contributed by atoms with Gasteiger partial charge in [0.1, 0.15) is 5.92 Å². The van der Waals surface area contributed by atoms with Crippen LogP contribution < -0.4 is 11.1 Å². The van der Waals surface area contributed by atoms with Crippen molar-refractivity contribution in [2.45, 2.75) is 33.6 Å². The molecular formula is C12H25N3O3. The second-order valence-corrected chi connectivity index (χ2v) is 4.50. The number of nitrogens with one attached hydrogen (secondary N) is 1. The minimum atomic E-state index is -0.606. The van der Waals surface area contributed by atoms with E-state index in [2.05, 4.69) is 17.4 Å². The van der Waals surface area contributed by atoms with E-state index in [-0.39, 0.29) is 17.7 Å². The van der Waals surface area contributed by atoms with Crippen molar-refractivity contribution in [2.24, 2.45) is 22.7 Å². The van der Waals surface area contributed by atoms with E-state index in [0.717, 1.165) is 12.8 Å². The van der Waals surface area contributed by atoms with Gasteiger partial charge in [-0.25, -0.2) is 0 Å². The largest absolute Gasteiger partial charge is 0.409 e. The highest BCUT2D eigenvalue weighted by Crippen LogP contribution is 2.10. The van der Waals surface area contributed by atoms with Crippen LogP contribution in [0, 0.1) is 11.8 Å². The number of hydrogen-bond acceptors (Lipinski definition) is 4. The number of rotatable bonds is 9. The summed E-state index contributed by atoms with van der Waals surface area (Å²) in [5.74, 6) is -0.929. The Morgan fingerprint density at radius 3 is 2.61 bits per heavy atom. The second kappa shape index (κ2) is 9.70. The number of nitrogens with zero attached hydrogens (tertiary/aromatic N) is 1. The highest BCUT2D eigenvalue weighted by molar-refractivity contribution is 6.02. The van der Waals surface area contributed by atoms with Crippen LogP contribution in [0.5, 0.6) is 0 Å². The molecule has 1 unspecified atom stereocenters. The Morgan fingerprint density at radius 2 is 2.11 bits per heavy atom. The van der Waals surface area contributed by atoms with Gasteiger partial charge in [0, 0.05) is 13.2 Å². The fraction of sp³-hybridized carbons (Fsp3) is 0.833. The monoisotopic (exact) mass is 259 g/mol. The first kappa shape index (κ1) is 16.7. The molecule has 0 aromatic carbocycles. The van der Waals surface area contributed by atoms with Crippen molar-refractivity contribution in [3.8, 4) is 0 Å². The molecule has 0 heterocycles. The normalized spacial score (nSPS) is 13.7. The average Bonchev–Trinajstić information content (AvgIpc) is 2.33. The van der Waals surface area contributed by atoms with Crippen LogP contribution in [-0.2, 0) is 9.53 Å². The van der Waals surface area contributed by atoms with E-state index in [1.54, 1.807) is 0 Å². The van der Waals surface area contributed by atoms with Crippen molar-refractivity contribution in [1.82, 2.24) is 5.32 Å². The average molecular weight is 259 g/mol. The second-order valence-electron chi connectivity index (χ2n) is 4.50. The van der Waals surface area contributed by atoms with Crippen molar-refractivity contribution in [3.05, 3.63) is 0 Å². The Labute approximate surface area is 109 Å². The van der Waals surface area contributed by atoms with Gasteiger partial charge in [-0.05, 0) is 12.3 Å².